The third-order valence-corrected chi connectivity index (χ3v) is 3.46. The Morgan fingerprint density at radius 3 is 2.65 bits per heavy atom. The maximum absolute atomic E-state index is 13.7. The standard InChI is InChI=1S/C15H10ClF2NO/c16-11-2-1-3-13-9(11)7-14(20-13)15(19)10-6-8(17)4-5-12(10)18/h1-7,15H,19H2. The Bertz CT molecular complexity index is 785. The lowest BCUT2D eigenvalue weighted by atomic mass is 10.0. The summed E-state index contributed by atoms with van der Waals surface area (Å²) < 4.78 is 32.5. The lowest BCUT2D eigenvalue weighted by molar-refractivity contribution is 0.506. The zero-order valence-corrected chi connectivity index (χ0v) is 11.0. The van der Waals surface area contributed by atoms with E-state index in [0.717, 1.165) is 18.2 Å². The highest BCUT2D eigenvalue weighted by Crippen LogP contribution is 2.31. The van der Waals surface area contributed by atoms with E-state index in [1.165, 1.54) is 0 Å². The topological polar surface area (TPSA) is 39.2 Å². The molecule has 0 saturated heterocycles. The molecular weight excluding hydrogens is 284 g/mol. The number of halogens is 3. The van der Waals surface area contributed by atoms with Gasteiger partial charge in [-0.3, -0.25) is 0 Å². The van der Waals surface area contributed by atoms with Crippen molar-refractivity contribution in [1.82, 2.24) is 0 Å². The molecule has 5 heteroatoms. The summed E-state index contributed by atoms with van der Waals surface area (Å²) in [5.41, 5.74) is 6.55. The molecule has 0 saturated carbocycles. The van der Waals surface area contributed by atoms with E-state index in [9.17, 15) is 8.78 Å². The molecule has 1 atom stereocenters. The maximum atomic E-state index is 13.7. The summed E-state index contributed by atoms with van der Waals surface area (Å²) in [7, 11) is 0. The van der Waals surface area contributed by atoms with E-state index in [4.69, 9.17) is 21.8 Å². The molecular formula is C15H10ClF2NO. The number of benzene rings is 2. The van der Waals surface area contributed by atoms with Gasteiger partial charge in [0.2, 0.25) is 0 Å². The van der Waals surface area contributed by atoms with Gasteiger partial charge in [-0.15, -0.1) is 0 Å². The highest BCUT2D eigenvalue weighted by molar-refractivity contribution is 6.35. The Hall–Kier alpha value is -1.91. The van der Waals surface area contributed by atoms with Crippen LogP contribution in [0.4, 0.5) is 8.78 Å². The predicted octanol–water partition coefficient (Wildman–Crippen LogP) is 4.41. The molecule has 2 aromatic carbocycles. The monoisotopic (exact) mass is 293 g/mol. The molecule has 0 fully saturated rings. The van der Waals surface area contributed by atoms with Crippen LogP contribution in [-0.4, -0.2) is 0 Å². The van der Waals surface area contributed by atoms with Gasteiger partial charge in [0.25, 0.3) is 0 Å². The van der Waals surface area contributed by atoms with E-state index >= 15 is 0 Å². The smallest absolute Gasteiger partial charge is 0.135 e. The van der Waals surface area contributed by atoms with Gasteiger partial charge < -0.3 is 10.2 Å². The fourth-order valence-corrected chi connectivity index (χ4v) is 2.32. The summed E-state index contributed by atoms with van der Waals surface area (Å²) in [5.74, 6) is -0.797. The van der Waals surface area contributed by atoms with Crippen LogP contribution in [0.5, 0.6) is 0 Å². The normalized spacial score (nSPS) is 12.8. The van der Waals surface area contributed by atoms with Crippen LogP contribution in [0, 0.1) is 11.6 Å². The van der Waals surface area contributed by atoms with Crippen LogP contribution in [0.25, 0.3) is 11.0 Å². The average Bonchev–Trinajstić information content (AvgIpc) is 2.86. The Labute approximate surface area is 118 Å². The largest absolute Gasteiger partial charge is 0.459 e. The Kier molecular flexibility index (Phi) is 3.20. The van der Waals surface area contributed by atoms with Crippen LogP contribution >= 0.6 is 11.6 Å². The minimum atomic E-state index is -0.894. The van der Waals surface area contributed by atoms with Gasteiger partial charge in [-0.25, -0.2) is 8.78 Å². The third kappa shape index (κ3) is 2.17. The zero-order chi connectivity index (χ0) is 14.3. The van der Waals surface area contributed by atoms with Gasteiger partial charge in [0.1, 0.15) is 23.0 Å². The van der Waals surface area contributed by atoms with Crippen molar-refractivity contribution in [2.24, 2.45) is 5.73 Å². The van der Waals surface area contributed by atoms with Crippen molar-refractivity contribution in [1.29, 1.82) is 0 Å². The highest BCUT2D eigenvalue weighted by Gasteiger charge is 2.19. The van der Waals surface area contributed by atoms with Gasteiger partial charge in [-0.1, -0.05) is 17.7 Å². The van der Waals surface area contributed by atoms with E-state index < -0.39 is 17.7 Å². The fourth-order valence-electron chi connectivity index (χ4n) is 2.10. The fraction of sp³-hybridized carbons (Fsp3) is 0.0667. The number of fused-ring (bicyclic) bond motifs is 1. The first kappa shape index (κ1) is 13.1. The average molecular weight is 294 g/mol. The molecule has 1 heterocycles. The second-order valence-corrected chi connectivity index (χ2v) is 4.85. The summed E-state index contributed by atoms with van der Waals surface area (Å²) in [5, 5.41) is 1.21. The summed E-state index contributed by atoms with van der Waals surface area (Å²) in [6.07, 6.45) is 0. The summed E-state index contributed by atoms with van der Waals surface area (Å²) >= 11 is 6.04. The molecule has 0 spiro atoms. The van der Waals surface area contributed by atoms with Crippen molar-refractivity contribution < 1.29 is 13.2 Å². The summed E-state index contributed by atoms with van der Waals surface area (Å²) in [4.78, 5) is 0. The number of furan rings is 1. The van der Waals surface area contributed by atoms with Crippen molar-refractivity contribution in [3.05, 3.63) is 70.4 Å². The first-order valence-corrected chi connectivity index (χ1v) is 6.32. The van der Waals surface area contributed by atoms with E-state index in [1.54, 1.807) is 24.3 Å². The van der Waals surface area contributed by atoms with Crippen LogP contribution in [0.15, 0.2) is 46.9 Å². The van der Waals surface area contributed by atoms with E-state index in [1.807, 2.05) is 0 Å². The van der Waals surface area contributed by atoms with Crippen molar-refractivity contribution in [2.45, 2.75) is 6.04 Å². The second kappa shape index (κ2) is 4.89. The van der Waals surface area contributed by atoms with Crippen LogP contribution < -0.4 is 5.73 Å². The maximum Gasteiger partial charge on any atom is 0.135 e. The van der Waals surface area contributed by atoms with Gasteiger partial charge in [0.05, 0.1) is 11.1 Å². The first-order valence-electron chi connectivity index (χ1n) is 5.95. The molecule has 3 aromatic rings. The second-order valence-electron chi connectivity index (χ2n) is 4.44. The van der Waals surface area contributed by atoms with Crippen LogP contribution in [0.2, 0.25) is 5.02 Å². The van der Waals surface area contributed by atoms with Gasteiger partial charge in [-0.05, 0) is 36.4 Å². The minimum absolute atomic E-state index is 0.0418. The molecule has 0 radical (unpaired) electrons. The van der Waals surface area contributed by atoms with E-state index in [2.05, 4.69) is 0 Å². The van der Waals surface area contributed by atoms with E-state index in [0.29, 0.717) is 21.8 Å². The molecule has 2 nitrogen and oxygen atoms in total. The lowest BCUT2D eigenvalue weighted by Gasteiger charge is -2.10. The zero-order valence-electron chi connectivity index (χ0n) is 10.2. The molecule has 0 aliphatic heterocycles. The molecule has 20 heavy (non-hydrogen) atoms. The molecule has 0 amide bonds. The SMILES string of the molecule is NC(c1cc2c(Cl)cccc2o1)c1cc(F)ccc1F. The summed E-state index contributed by atoms with van der Waals surface area (Å²) in [6, 6.07) is 9.10. The molecule has 3 rings (SSSR count). The van der Waals surface area contributed by atoms with Crippen LogP contribution in [0.1, 0.15) is 17.4 Å². The third-order valence-electron chi connectivity index (χ3n) is 3.13. The number of hydrogen-bond acceptors (Lipinski definition) is 2. The summed E-state index contributed by atoms with van der Waals surface area (Å²) in [6.45, 7) is 0. The lowest BCUT2D eigenvalue weighted by Crippen LogP contribution is -2.13. The molecule has 2 N–H and O–H groups in total. The van der Waals surface area contributed by atoms with Crippen molar-refractivity contribution in [2.75, 3.05) is 0 Å². The van der Waals surface area contributed by atoms with Crippen molar-refractivity contribution in [3.8, 4) is 0 Å². The van der Waals surface area contributed by atoms with Gasteiger partial charge in [0, 0.05) is 10.9 Å². The number of rotatable bonds is 2. The molecule has 0 aliphatic carbocycles. The Morgan fingerprint density at radius 2 is 1.90 bits per heavy atom. The van der Waals surface area contributed by atoms with E-state index in [-0.39, 0.29) is 5.56 Å². The van der Waals surface area contributed by atoms with Gasteiger partial charge >= 0.3 is 0 Å². The van der Waals surface area contributed by atoms with Crippen LogP contribution in [0.3, 0.4) is 0 Å². The molecule has 0 bridgehead atoms. The molecule has 102 valence electrons. The van der Waals surface area contributed by atoms with Gasteiger partial charge in [0.15, 0.2) is 0 Å². The van der Waals surface area contributed by atoms with Crippen molar-refractivity contribution in [3.63, 3.8) is 0 Å². The first-order chi connectivity index (χ1) is 9.56. The van der Waals surface area contributed by atoms with Crippen molar-refractivity contribution >= 4 is 22.6 Å². The predicted molar refractivity (Wildman–Crippen MR) is 73.6 cm³/mol. The molecule has 0 aliphatic rings. The highest BCUT2D eigenvalue weighted by atomic mass is 35.5. The van der Waals surface area contributed by atoms with Crippen LogP contribution in [-0.2, 0) is 0 Å². The Balaban J connectivity index is 2.10. The van der Waals surface area contributed by atoms with Gasteiger partial charge in [-0.2, -0.15) is 0 Å². The molecule has 1 unspecified atom stereocenters. The number of hydrogen-bond donors (Lipinski definition) is 1. The number of nitrogens with two attached hydrogens (primary N) is 1. The quantitative estimate of drug-likeness (QED) is 0.760. The minimum Gasteiger partial charge on any atom is -0.459 e. The Morgan fingerprint density at radius 1 is 1.10 bits per heavy atom. The molecule has 1 aromatic heterocycles.